The third-order valence-electron chi connectivity index (χ3n) is 13.5. The van der Waals surface area contributed by atoms with Crippen molar-refractivity contribution in [3.63, 3.8) is 0 Å². The van der Waals surface area contributed by atoms with Crippen LogP contribution in [0.3, 0.4) is 0 Å². The maximum Gasteiger partial charge on any atom is 0.135 e. The minimum absolute atomic E-state index is 0.103. The predicted molar refractivity (Wildman–Crippen MR) is 257 cm³/mol. The summed E-state index contributed by atoms with van der Waals surface area (Å²) in [7, 11) is 0. The fourth-order valence-electron chi connectivity index (χ4n) is 10.8. The molecule has 0 saturated carbocycles. The third kappa shape index (κ3) is 4.86. The number of aromatic nitrogens is 1. The molecule has 0 N–H and O–H groups in total. The fourth-order valence-corrected chi connectivity index (χ4v) is 10.8. The monoisotopic (exact) mass is 780 g/mol. The van der Waals surface area contributed by atoms with Crippen LogP contribution < -0.4 is 4.90 Å². The van der Waals surface area contributed by atoms with Gasteiger partial charge in [0.05, 0.1) is 22.4 Å². The van der Waals surface area contributed by atoms with E-state index >= 15 is 0 Å². The zero-order valence-electron chi connectivity index (χ0n) is 34.0. The zero-order valence-corrected chi connectivity index (χ0v) is 34.0. The molecule has 8 aromatic carbocycles. The maximum absolute atomic E-state index is 6.18. The van der Waals surface area contributed by atoms with Crippen LogP contribution in [0.4, 0.5) is 17.1 Å². The smallest absolute Gasteiger partial charge is 0.135 e. The van der Waals surface area contributed by atoms with Crippen molar-refractivity contribution in [3.8, 4) is 33.4 Å². The van der Waals surface area contributed by atoms with Crippen molar-refractivity contribution in [2.75, 3.05) is 4.90 Å². The summed E-state index contributed by atoms with van der Waals surface area (Å²) in [6, 6.07) is 62.4. The number of rotatable bonds is 5. The molecule has 11 aromatic rings. The molecule has 0 amide bonds. The molecular formula is C58H40N2O. The van der Waals surface area contributed by atoms with Crippen LogP contribution in [0.2, 0.25) is 0 Å². The molecule has 3 heterocycles. The van der Waals surface area contributed by atoms with E-state index in [0.29, 0.717) is 0 Å². The Morgan fingerprint density at radius 1 is 0.525 bits per heavy atom. The van der Waals surface area contributed by atoms with Crippen molar-refractivity contribution in [1.29, 1.82) is 0 Å². The summed E-state index contributed by atoms with van der Waals surface area (Å²) in [4.78, 5) is 2.46. The lowest BCUT2D eigenvalue weighted by Gasteiger charge is -2.28. The van der Waals surface area contributed by atoms with Gasteiger partial charge in [-0.25, -0.2) is 0 Å². The Morgan fingerprint density at radius 2 is 1.20 bits per heavy atom. The molecule has 2 aliphatic carbocycles. The zero-order chi connectivity index (χ0) is 40.4. The average Bonchev–Trinajstić information content (AvgIpc) is 3.95. The van der Waals surface area contributed by atoms with Crippen molar-refractivity contribution in [2.45, 2.75) is 25.7 Å². The molecule has 3 heteroatoms. The van der Waals surface area contributed by atoms with E-state index in [-0.39, 0.29) is 5.41 Å². The van der Waals surface area contributed by atoms with Gasteiger partial charge in [0.15, 0.2) is 0 Å². The number of hydrogen-bond acceptors (Lipinski definition) is 2. The van der Waals surface area contributed by atoms with Gasteiger partial charge in [-0.05, 0) is 112 Å². The van der Waals surface area contributed by atoms with E-state index in [4.69, 9.17) is 4.42 Å². The van der Waals surface area contributed by atoms with E-state index in [1.165, 1.54) is 71.8 Å². The highest BCUT2D eigenvalue weighted by Gasteiger charge is 2.37. The van der Waals surface area contributed by atoms with Crippen LogP contribution in [0, 0.1) is 0 Å². The summed E-state index contributed by atoms with van der Waals surface area (Å²) >= 11 is 0. The molecule has 0 radical (unpaired) electrons. The van der Waals surface area contributed by atoms with Crippen molar-refractivity contribution < 1.29 is 4.42 Å². The molecule has 0 atom stereocenters. The summed E-state index contributed by atoms with van der Waals surface area (Å²) in [5.41, 5.74) is 20.4. The minimum Gasteiger partial charge on any atom is -0.456 e. The third-order valence-corrected chi connectivity index (χ3v) is 13.5. The quantitative estimate of drug-likeness (QED) is 0.173. The summed E-state index contributed by atoms with van der Waals surface area (Å²) < 4.78 is 8.66. The van der Waals surface area contributed by atoms with E-state index < -0.39 is 0 Å². The second-order valence-electron chi connectivity index (χ2n) is 17.2. The van der Waals surface area contributed by atoms with Gasteiger partial charge < -0.3 is 13.7 Å². The lowest BCUT2D eigenvalue weighted by atomic mass is 9.79. The topological polar surface area (TPSA) is 20.8 Å². The largest absolute Gasteiger partial charge is 0.456 e. The average molecular weight is 781 g/mol. The molecule has 0 unspecified atom stereocenters. The van der Waals surface area contributed by atoms with Gasteiger partial charge in [0.25, 0.3) is 0 Å². The van der Waals surface area contributed by atoms with Crippen LogP contribution in [0.5, 0.6) is 0 Å². The molecule has 0 saturated heterocycles. The van der Waals surface area contributed by atoms with Crippen molar-refractivity contribution in [2.24, 2.45) is 0 Å². The number of para-hydroxylation sites is 2. The van der Waals surface area contributed by atoms with Gasteiger partial charge in [0.2, 0.25) is 0 Å². The van der Waals surface area contributed by atoms with Gasteiger partial charge in [0, 0.05) is 49.3 Å². The Labute approximate surface area is 354 Å². The van der Waals surface area contributed by atoms with Gasteiger partial charge in [-0.1, -0.05) is 147 Å². The molecule has 0 bridgehead atoms. The second kappa shape index (κ2) is 12.7. The number of fused-ring (bicyclic) bond motifs is 12. The minimum atomic E-state index is -0.103. The molecule has 0 fully saturated rings. The van der Waals surface area contributed by atoms with Gasteiger partial charge in [-0.3, -0.25) is 0 Å². The standard InChI is InChI=1S/C58H40N2O/c1-58(2)49-19-9-6-13-42(49)45-18-12-17-41(56(45)58)37-25-30-40(31-26-37)59(39-28-23-36(24-29-39)38-27-34-54-48(35-38)44-15-8-11-22-53(44)61-54)52-33-32-46-43-14-7-10-21-50(43)60-51-20-5-3-4-16-47(51)55(52)57(46)60/h4-35H,3H2,1-2H3. The van der Waals surface area contributed by atoms with Crippen molar-refractivity contribution >= 4 is 78.3 Å². The Morgan fingerprint density at radius 3 is 2.05 bits per heavy atom. The summed E-state index contributed by atoms with van der Waals surface area (Å²) in [6.07, 6.45) is 10.1. The van der Waals surface area contributed by atoms with E-state index in [2.05, 4.69) is 205 Å². The maximum atomic E-state index is 6.18. The van der Waals surface area contributed by atoms with Gasteiger partial charge in [-0.2, -0.15) is 0 Å². The van der Waals surface area contributed by atoms with Gasteiger partial charge in [0.1, 0.15) is 11.2 Å². The summed E-state index contributed by atoms with van der Waals surface area (Å²) in [6.45, 7) is 4.74. The Bertz CT molecular complexity index is 3630. The van der Waals surface area contributed by atoms with Crippen molar-refractivity contribution in [1.82, 2.24) is 4.40 Å². The van der Waals surface area contributed by atoms with Crippen LogP contribution in [0.1, 0.15) is 42.7 Å². The SMILES string of the molecule is CC1(C)c2ccccc2-c2cccc(-c3ccc(N(c4ccc(-c5ccc6oc7ccccc7c6c5)cc4)c4ccc5c6ccccc6n6c7c(c4c56)C=CCC=C7)cc3)c21. The number of furan rings is 1. The molecule has 0 spiro atoms. The molecule has 61 heavy (non-hydrogen) atoms. The number of allylic oxidation sites excluding steroid dienone is 2. The van der Waals surface area contributed by atoms with E-state index in [1.54, 1.807) is 0 Å². The molecule has 3 aromatic heterocycles. The molecular weight excluding hydrogens is 741 g/mol. The van der Waals surface area contributed by atoms with E-state index in [9.17, 15) is 0 Å². The molecule has 0 aliphatic heterocycles. The highest BCUT2D eigenvalue weighted by Crippen LogP contribution is 2.53. The number of benzene rings is 8. The highest BCUT2D eigenvalue weighted by molar-refractivity contribution is 6.21. The van der Waals surface area contributed by atoms with Crippen LogP contribution >= 0.6 is 0 Å². The molecule has 13 rings (SSSR count). The Kier molecular flexibility index (Phi) is 7.13. The fraction of sp³-hybridized carbons (Fsp3) is 0.0690. The Hall–Kier alpha value is -7.62. The predicted octanol–water partition coefficient (Wildman–Crippen LogP) is 16.1. The number of nitrogens with zero attached hydrogens (tertiary/aromatic N) is 2. The first-order chi connectivity index (χ1) is 30.0. The Balaban J connectivity index is 0.997. The normalized spacial score (nSPS) is 14.0. The van der Waals surface area contributed by atoms with E-state index in [0.717, 1.165) is 56.5 Å². The molecule has 2 aliphatic rings. The van der Waals surface area contributed by atoms with Crippen molar-refractivity contribution in [3.05, 3.63) is 204 Å². The van der Waals surface area contributed by atoms with Crippen LogP contribution in [0.25, 0.3) is 94.7 Å². The first-order valence-corrected chi connectivity index (χ1v) is 21.3. The van der Waals surface area contributed by atoms with Gasteiger partial charge >= 0.3 is 0 Å². The first kappa shape index (κ1) is 34.3. The summed E-state index contributed by atoms with van der Waals surface area (Å²) in [5, 5.41) is 6.09. The van der Waals surface area contributed by atoms with Crippen LogP contribution in [-0.4, -0.2) is 4.40 Å². The summed E-state index contributed by atoms with van der Waals surface area (Å²) in [5.74, 6) is 0. The first-order valence-electron chi connectivity index (χ1n) is 21.3. The lowest BCUT2D eigenvalue weighted by molar-refractivity contribution is 0.662. The number of anilines is 3. The highest BCUT2D eigenvalue weighted by atomic mass is 16.3. The van der Waals surface area contributed by atoms with Crippen LogP contribution in [0.15, 0.2) is 186 Å². The molecule has 3 nitrogen and oxygen atoms in total. The second-order valence-corrected chi connectivity index (χ2v) is 17.2. The number of hydrogen-bond donors (Lipinski definition) is 0. The lowest BCUT2D eigenvalue weighted by Crippen LogP contribution is -2.16. The van der Waals surface area contributed by atoms with Crippen LogP contribution in [-0.2, 0) is 5.41 Å². The van der Waals surface area contributed by atoms with E-state index in [1.807, 2.05) is 12.1 Å². The molecule has 288 valence electrons. The van der Waals surface area contributed by atoms with Gasteiger partial charge in [-0.15, -0.1) is 0 Å².